The first-order valence-electron chi connectivity index (χ1n) is 8.94. The van der Waals surface area contributed by atoms with Gasteiger partial charge in [0.25, 0.3) is 0 Å². The lowest BCUT2D eigenvalue weighted by Crippen LogP contribution is -2.28. The second-order valence-electron chi connectivity index (χ2n) is 6.59. The highest BCUT2D eigenvalue weighted by molar-refractivity contribution is 7.89. The van der Waals surface area contributed by atoms with Gasteiger partial charge in [0.05, 0.1) is 24.8 Å². The number of sulfonamides is 1. The Kier molecular flexibility index (Phi) is 5.90. The average Bonchev–Trinajstić information content (AvgIpc) is 3.13. The zero-order valence-corrected chi connectivity index (χ0v) is 17.0. The topological polar surface area (TPSA) is 76.2 Å². The highest BCUT2D eigenvalue weighted by atomic mass is 32.2. The molecule has 2 aromatic carbocycles. The Bertz CT molecular complexity index is 957. The van der Waals surface area contributed by atoms with Gasteiger partial charge in [-0.3, -0.25) is 4.79 Å². The Morgan fingerprint density at radius 2 is 1.79 bits per heavy atom. The summed E-state index contributed by atoms with van der Waals surface area (Å²) in [6, 6.07) is 11.8. The van der Waals surface area contributed by atoms with Gasteiger partial charge in [0.2, 0.25) is 15.9 Å². The summed E-state index contributed by atoms with van der Waals surface area (Å²) in [7, 11) is 0.878. The molecule has 150 valence electrons. The fourth-order valence-electron chi connectivity index (χ4n) is 3.20. The summed E-state index contributed by atoms with van der Waals surface area (Å²) in [5.74, 6) is 1.16. The lowest BCUT2D eigenvalue weighted by molar-refractivity contribution is -0.117. The second kappa shape index (κ2) is 8.20. The molecule has 1 fully saturated rings. The fraction of sp³-hybridized carbons (Fsp3) is 0.350. The lowest BCUT2D eigenvalue weighted by atomic mass is 10.2. The quantitative estimate of drug-likeness (QED) is 0.709. The summed E-state index contributed by atoms with van der Waals surface area (Å²) in [6.45, 7) is 0.775. The van der Waals surface area contributed by atoms with Crippen LogP contribution in [0, 0.1) is 0 Å². The van der Waals surface area contributed by atoms with Crippen LogP contribution in [0.4, 0.5) is 5.69 Å². The number of methoxy groups -OCH3 is 2. The van der Waals surface area contributed by atoms with E-state index in [9.17, 15) is 13.2 Å². The molecule has 8 heteroatoms. The molecular weight excluding hydrogens is 380 g/mol. The highest BCUT2D eigenvalue weighted by Crippen LogP contribution is 2.34. The third-order valence-corrected chi connectivity index (χ3v) is 6.59. The number of ether oxygens (including phenoxy) is 2. The Morgan fingerprint density at radius 1 is 1.07 bits per heavy atom. The first kappa shape index (κ1) is 20.2. The number of rotatable bonds is 7. The number of hydrogen-bond acceptors (Lipinski definition) is 5. The van der Waals surface area contributed by atoms with Gasteiger partial charge in [-0.05, 0) is 42.3 Å². The lowest BCUT2D eigenvalue weighted by Gasteiger charge is -2.22. The van der Waals surface area contributed by atoms with Crippen LogP contribution in [0.2, 0.25) is 0 Å². The molecule has 0 atom stereocenters. The van der Waals surface area contributed by atoms with Crippen molar-refractivity contribution in [3.63, 3.8) is 0 Å². The maximum Gasteiger partial charge on any atom is 0.243 e. The molecule has 1 aliphatic heterocycles. The van der Waals surface area contributed by atoms with E-state index in [1.54, 1.807) is 30.2 Å². The first-order valence-corrected chi connectivity index (χ1v) is 10.4. The molecule has 0 aliphatic carbocycles. The predicted molar refractivity (Wildman–Crippen MR) is 106 cm³/mol. The summed E-state index contributed by atoms with van der Waals surface area (Å²) in [5.41, 5.74) is 1.33. The monoisotopic (exact) mass is 404 g/mol. The van der Waals surface area contributed by atoms with Crippen LogP contribution in [-0.4, -0.2) is 46.4 Å². The minimum Gasteiger partial charge on any atom is -0.497 e. The number of benzene rings is 2. The summed E-state index contributed by atoms with van der Waals surface area (Å²) >= 11 is 0. The van der Waals surface area contributed by atoms with Gasteiger partial charge in [-0.25, -0.2) is 8.42 Å². The maximum absolute atomic E-state index is 13.1. The summed E-state index contributed by atoms with van der Waals surface area (Å²) in [4.78, 5) is 13.8. The minimum absolute atomic E-state index is 0.0283. The van der Waals surface area contributed by atoms with Gasteiger partial charge >= 0.3 is 0 Å². The van der Waals surface area contributed by atoms with E-state index in [1.165, 1.54) is 30.6 Å². The van der Waals surface area contributed by atoms with Crippen molar-refractivity contribution in [2.24, 2.45) is 0 Å². The van der Waals surface area contributed by atoms with Crippen LogP contribution in [0.15, 0.2) is 47.4 Å². The predicted octanol–water partition coefficient (Wildman–Crippen LogP) is 2.65. The molecule has 0 bridgehead atoms. The van der Waals surface area contributed by atoms with Gasteiger partial charge in [0.15, 0.2) is 0 Å². The van der Waals surface area contributed by atoms with E-state index in [0.29, 0.717) is 30.2 Å². The zero-order valence-electron chi connectivity index (χ0n) is 16.2. The summed E-state index contributed by atoms with van der Waals surface area (Å²) in [5, 5.41) is 0. The molecule has 0 saturated carbocycles. The molecule has 28 heavy (non-hydrogen) atoms. The van der Waals surface area contributed by atoms with Crippen molar-refractivity contribution in [3.8, 4) is 11.5 Å². The number of anilines is 1. The molecule has 2 aromatic rings. The van der Waals surface area contributed by atoms with E-state index in [2.05, 4.69) is 0 Å². The second-order valence-corrected chi connectivity index (χ2v) is 8.64. The van der Waals surface area contributed by atoms with Crippen LogP contribution in [0.5, 0.6) is 11.5 Å². The van der Waals surface area contributed by atoms with Crippen molar-refractivity contribution < 1.29 is 22.7 Å². The number of nitrogens with zero attached hydrogens (tertiary/aromatic N) is 2. The normalized spacial score (nSPS) is 14.6. The fourth-order valence-corrected chi connectivity index (χ4v) is 4.38. The maximum atomic E-state index is 13.1. The SMILES string of the molecule is COc1ccc(CN(C)S(=O)(=O)c2ccc(OC)c(N3CCCC3=O)c2)cc1. The Morgan fingerprint density at radius 3 is 2.36 bits per heavy atom. The molecule has 1 amide bonds. The molecule has 0 radical (unpaired) electrons. The van der Waals surface area contributed by atoms with Crippen molar-refractivity contribution in [3.05, 3.63) is 48.0 Å². The molecule has 1 heterocycles. The average molecular weight is 404 g/mol. The first-order chi connectivity index (χ1) is 13.4. The van der Waals surface area contributed by atoms with Crippen molar-refractivity contribution in [1.29, 1.82) is 0 Å². The molecule has 7 nitrogen and oxygen atoms in total. The molecule has 0 unspecified atom stereocenters. The molecule has 3 rings (SSSR count). The van der Waals surface area contributed by atoms with Crippen molar-refractivity contribution in [2.45, 2.75) is 24.3 Å². The molecule has 0 aromatic heterocycles. The van der Waals surface area contributed by atoms with E-state index in [4.69, 9.17) is 9.47 Å². The van der Waals surface area contributed by atoms with E-state index in [-0.39, 0.29) is 17.3 Å². The Balaban J connectivity index is 1.88. The van der Waals surface area contributed by atoms with E-state index < -0.39 is 10.0 Å². The number of hydrogen-bond donors (Lipinski definition) is 0. The van der Waals surface area contributed by atoms with E-state index >= 15 is 0 Å². The van der Waals surface area contributed by atoms with Crippen LogP contribution in [0.3, 0.4) is 0 Å². The van der Waals surface area contributed by atoms with E-state index in [0.717, 1.165) is 12.0 Å². The van der Waals surface area contributed by atoms with Gasteiger partial charge in [-0.15, -0.1) is 0 Å². The molecule has 1 saturated heterocycles. The Labute approximate surface area is 165 Å². The minimum atomic E-state index is -3.74. The van der Waals surface area contributed by atoms with Crippen molar-refractivity contribution in [1.82, 2.24) is 4.31 Å². The van der Waals surface area contributed by atoms with Gasteiger partial charge in [-0.1, -0.05) is 12.1 Å². The standard InChI is InChI=1S/C20H24N2O5S/c1-21(14-15-6-8-16(26-2)9-7-15)28(24,25)17-10-11-19(27-3)18(13-17)22-12-4-5-20(22)23/h6-11,13H,4-5,12,14H2,1-3H3. The largest absolute Gasteiger partial charge is 0.497 e. The van der Waals surface area contributed by atoms with Gasteiger partial charge in [0.1, 0.15) is 11.5 Å². The van der Waals surface area contributed by atoms with Gasteiger partial charge in [0, 0.05) is 26.6 Å². The number of carbonyl (C=O) groups is 1. The highest BCUT2D eigenvalue weighted by Gasteiger charge is 2.28. The van der Waals surface area contributed by atoms with Gasteiger partial charge < -0.3 is 14.4 Å². The summed E-state index contributed by atoms with van der Waals surface area (Å²) in [6.07, 6.45) is 1.20. The molecule has 0 N–H and O–H groups in total. The smallest absolute Gasteiger partial charge is 0.243 e. The van der Waals surface area contributed by atoms with Crippen LogP contribution in [0.25, 0.3) is 0 Å². The molecule has 1 aliphatic rings. The van der Waals surface area contributed by atoms with Crippen LogP contribution in [0.1, 0.15) is 18.4 Å². The summed E-state index contributed by atoms with van der Waals surface area (Å²) < 4.78 is 37.9. The van der Waals surface area contributed by atoms with Crippen LogP contribution in [-0.2, 0) is 21.4 Å². The number of amides is 1. The number of carbonyl (C=O) groups excluding carboxylic acids is 1. The van der Waals surface area contributed by atoms with Gasteiger partial charge in [-0.2, -0.15) is 4.31 Å². The van der Waals surface area contributed by atoms with Crippen molar-refractivity contribution in [2.75, 3.05) is 32.7 Å². The van der Waals surface area contributed by atoms with Crippen LogP contribution < -0.4 is 14.4 Å². The third-order valence-electron chi connectivity index (χ3n) is 4.79. The van der Waals surface area contributed by atoms with Crippen molar-refractivity contribution >= 4 is 21.6 Å². The molecule has 0 spiro atoms. The van der Waals surface area contributed by atoms with Crippen LogP contribution >= 0.6 is 0 Å². The van der Waals surface area contributed by atoms with E-state index in [1.807, 2.05) is 12.1 Å². The zero-order chi connectivity index (χ0) is 20.3. The molecular formula is C20H24N2O5S. The Hall–Kier alpha value is -2.58. The third kappa shape index (κ3) is 3.98.